The molecule has 1 aliphatic carbocycles. The molecule has 2 aliphatic heterocycles. The Bertz CT molecular complexity index is 2150. The number of hydrogen-bond donors (Lipinski definition) is 1. The predicted octanol–water partition coefficient (Wildman–Crippen LogP) is 5.70. The average molecular weight is 654 g/mol. The highest BCUT2D eigenvalue weighted by molar-refractivity contribution is 6.24. The van der Waals surface area contributed by atoms with Gasteiger partial charge < -0.3 is 25.0 Å². The fourth-order valence-electron chi connectivity index (χ4n) is 6.48. The Morgan fingerprint density at radius 2 is 2.17 bits per heavy atom. The number of hydrogen-bond acceptors (Lipinski definition) is 8. The van der Waals surface area contributed by atoms with Crippen LogP contribution in [-0.2, 0) is 4.74 Å². The summed E-state index contributed by atoms with van der Waals surface area (Å²) in [5, 5.41) is 0.467. The first-order valence-corrected chi connectivity index (χ1v) is 15.1. The van der Waals surface area contributed by atoms with Crippen LogP contribution in [0.2, 0.25) is 0 Å². The molecular weight excluding hydrogens is 617 g/mol. The van der Waals surface area contributed by atoms with Crippen LogP contribution in [0.3, 0.4) is 0 Å². The van der Waals surface area contributed by atoms with Crippen molar-refractivity contribution in [1.29, 1.82) is 0 Å². The standard InChI is InChI=1S/C34H32ClF3N6O2/c1-4-21-25(37)6-5-18-11-20(39)12-22(26(18)21)29-28(38)30-23(14-40-29)32(44-9-10-45-15-24-27(35)31(24)44)42-33(41-30)46-17-34(2)16-43(3)8-7-19(34)13-36/h1,5-6,11-14,24,27,31H,7-10,15-17,39H2,2-3H3/b19-13+/t24-,27-,31-,34-/m0/s1/i3D3,17D2. The van der Waals surface area contributed by atoms with Gasteiger partial charge >= 0.3 is 6.01 Å². The smallest absolute Gasteiger partial charge is 0.319 e. The van der Waals surface area contributed by atoms with Crippen LogP contribution in [0.25, 0.3) is 32.9 Å². The topological polar surface area (TPSA) is 89.6 Å². The summed E-state index contributed by atoms with van der Waals surface area (Å²) in [5.74, 6) is 0.723. The number of pyridine rings is 1. The summed E-state index contributed by atoms with van der Waals surface area (Å²) < 4.78 is 99.6. The molecular formula is C34H32ClF3N6O2. The van der Waals surface area contributed by atoms with Crippen LogP contribution in [0, 0.1) is 35.3 Å². The number of piperidine rings is 1. The van der Waals surface area contributed by atoms with Gasteiger partial charge in [-0.05, 0) is 42.6 Å². The van der Waals surface area contributed by atoms with Crippen molar-refractivity contribution in [1.82, 2.24) is 19.9 Å². The van der Waals surface area contributed by atoms with Gasteiger partial charge in [0.2, 0.25) is 0 Å². The molecule has 2 saturated heterocycles. The molecule has 2 aromatic heterocycles. The predicted molar refractivity (Wildman–Crippen MR) is 173 cm³/mol. The molecule has 4 heterocycles. The molecule has 7 rings (SSSR count). The van der Waals surface area contributed by atoms with E-state index in [-0.39, 0.29) is 100.0 Å². The highest BCUT2D eigenvalue weighted by atomic mass is 35.5. The number of halogens is 4. The van der Waals surface area contributed by atoms with Crippen molar-refractivity contribution in [3.05, 3.63) is 59.6 Å². The van der Waals surface area contributed by atoms with E-state index in [0.717, 1.165) is 4.90 Å². The van der Waals surface area contributed by atoms with E-state index in [2.05, 4.69) is 20.9 Å². The number of ether oxygens (including phenoxy) is 2. The summed E-state index contributed by atoms with van der Waals surface area (Å²) in [7, 11) is 0. The second-order valence-electron chi connectivity index (χ2n) is 12.0. The maximum atomic E-state index is 17.0. The quantitative estimate of drug-likeness (QED) is 0.167. The van der Waals surface area contributed by atoms with E-state index in [9.17, 15) is 8.78 Å². The van der Waals surface area contributed by atoms with E-state index >= 15 is 4.39 Å². The van der Waals surface area contributed by atoms with Crippen molar-refractivity contribution in [3.8, 4) is 29.6 Å². The Labute approximate surface area is 276 Å². The molecule has 0 amide bonds. The van der Waals surface area contributed by atoms with Crippen molar-refractivity contribution >= 4 is 44.8 Å². The van der Waals surface area contributed by atoms with Crippen LogP contribution in [0.4, 0.5) is 24.7 Å². The molecule has 46 heavy (non-hydrogen) atoms. The number of terminal acetylenes is 1. The number of alkyl halides is 1. The van der Waals surface area contributed by atoms with Crippen LogP contribution in [-0.4, -0.2) is 77.7 Å². The van der Waals surface area contributed by atoms with E-state index in [0.29, 0.717) is 12.0 Å². The lowest BCUT2D eigenvalue weighted by Crippen LogP contribution is -2.44. The number of nitrogens with two attached hydrogens (primary N) is 1. The zero-order valence-corrected chi connectivity index (χ0v) is 25.4. The van der Waals surface area contributed by atoms with Gasteiger partial charge in [-0.2, -0.15) is 9.97 Å². The summed E-state index contributed by atoms with van der Waals surface area (Å²) in [4.78, 5) is 16.2. The highest BCUT2D eigenvalue weighted by Gasteiger charge is 2.54. The van der Waals surface area contributed by atoms with Crippen LogP contribution < -0.4 is 15.4 Å². The minimum absolute atomic E-state index is 0.00718. The van der Waals surface area contributed by atoms with Gasteiger partial charge in [-0.25, -0.2) is 13.2 Å². The van der Waals surface area contributed by atoms with E-state index in [4.69, 9.17) is 40.1 Å². The van der Waals surface area contributed by atoms with E-state index < -0.39 is 43.1 Å². The lowest BCUT2D eigenvalue weighted by atomic mass is 9.78. The highest BCUT2D eigenvalue weighted by Crippen LogP contribution is 2.46. The largest absolute Gasteiger partial charge is 0.462 e. The number of benzene rings is 2. The molecule has 0 bridgehead atoms. The number of aromatic nitrogens is 3. The Morgan fingerprint density at radius 1 is 1.33 bits per heavy atom. The summed E-state index contributed by atoms with van der Waals surface area (Å²) in [6, 6.07) is 4.78. The lowest BCUT2D eigenvalue weighted by molar-refractivity contribution is 0.109. The first kappa shape index (κ1) is 25.0. The van der Waals surface area contributed by atoms with Crippen molar-refractivity contribution in [2.75, 3.05) is 57.0 Å². The van der Waals surface area contributed by atoms with Crippen LogP contribution >= 0.6 is 11.6 Å². The summed E-state index contributed by atoms with van der Waals surface area (Å²) >= 11 is 6.63. The molecule has 0 unspecified atom stereocenters. The molecule has 3 fully saturated rings. The monoisotopic (exact) mass is 653 g/mol. The Hall–Kier alpha value is -4.11. The van der Waals surface area contributed by atoms with Crippen molar-refractivity contribution in [2.24, 2.45) is 11.3 Å². The summed E-state index contributed by atoms with van der Waals surface area (Å²) in [5.41, 5.74) is 3.96. The molecule has 238 valence electrons. The molecule has 3 aliphatic rings. The van der Waals surface area contributed by atoms with Gasteiger partial charge in [-0.3, -0.25) is 4.98 Å². The molecule has 0 spiro atoms. The van der Waals surface area contributed by atoms with Gasteiger partial charge in [0.1, 0.15) is 29.4 Å². The second-order valence-corrected chi connectivity index (χ2v) is 12.5. The number of nitrogen functional groups attached to an aromatic ring is 1. The minimum Gasteiger partial charge on any atom is -0.462 e. The van der Waals surface area contributed by atoms with Gasteiger partial charge in [0.05, 0.1) is 44.7 Å². The molecule has 1 saturated carbocycles. The third-order valence-corrected chi connectivity index (χ3v) is 9.53. The average Bonchev–Trinajstić information content (AvgIpc) is 3.77. The lowest BCUT2D eigenvalue weighted by Gasteiger charge is -2.40. The normalized spacial score (nSPS) is 28.0. The maximum Gasteiger partial charge on any atom is 0.319 e. The first-order valence-electron chi connectivity index (χ1n) is 17.2. The molecule has 0 radical (unpaired) electrons. The van der Waals surface area contributed by atoms with Gasteiger partial charge in [0.25, 0.3) is 0 Å². The third-order valence-electron chi connectivity index (χ3n) is 8.95. The van der Waals surface area contributed by atoms with Gasteiger partial charge in [0, 0.05) is 57.9 Å². The number of fused-ring (bicyclic) bond motifs is 3. The Balaban J connectivity index is 1.42. The molecule has 2 aromatic carbocycles. The Kier molecular flexibility index (Phi) is 6.31. The number of nitrogens with zero attached hydrogens (tertiary/aromatic N) is 5. The summed E-state index contributed by atoms with van der Waals surface area (Å²) in [6.07, 6.45) is 7.21. The van der Waals surface area contributed by atoms with E-state index in [1.807, 2.05) is 4.90 Å². The second kappa shape index (κ2) is 11.6. The molecule has 8 nitrogen and oxygen atoms in total. The van der Waals surface area contributed by atoms with E-state index in [1.165, 1.54) is 31.3 Å². The zero-order valence-electron chi connectivity index (χ0n) is 29.7. The number of rotatable bonds is 5. The Morgan fingerprint density at radius 3 is 2.96 bits per heavy atom. The van der Waals surface area contributed by atoms with Crippen molar-refractivity contribution in [2.45, 2.75) is 24.8 Å². The fourth-order valence-corrected chi connectivity index (χ4v) is 6.94. The molecule has 2 N–H and O–H groups in total. The van der Waals surface area contributed by atoms with Crippen LogP contribution in [0.15, 0.2) is 42.4 Å². The third kappa shape index (κ3) is 5.09. The van der Waals surface area contributed by atoms with Crippen LogP contribution in [0.1, 0.15) is 25.8 Å². The van der Waals surface area contributed by atoms with Crippen molar-refractivity contribution in [3.63, 3.8) is 0 Å². The SMILES string of the molecule is [2H]C([2H])([2H])N1CC/C(=C\F)[C@](C)(C([2H])([2H])Oc2nc(N3CCOC[C@H]4[C@H](Cl)[C@H]43)c3cnc(-c4cc(N)cc5ccc(F)c(C#C)c45)c(F)c3n2)C1. The summed E-state index contributed by atoms with van der Waals surface area (Å²) in [6.45, 7) is -3.52. The van der Waals surface area contributed by atoms with Crippen LogP contribution in [0.5, 0.6) is 6.01 Å². The minimum atomic E-state index is -2.81. The molecule has 12 heteroatoms. The van der Waals surface area contributed by atoms with Gasteiger partial charge in [0.15, 0.2) is 5.82 Å². The fraction of sp³-hybridized carbons (Fsp3) is 0.382. The molecule has 4 aromatic rings. The van der Waals surface area contributed by atoms with Gasteiger partial charge in [-0.15, -0.1) is 18.0 Å². The first-order chi connectivity index (χ1) is 24.1. The van der Waals surface area contributed by atoms with Gasteiger partial charge in [-0.1, -0.05) is 18.9 Å². The van der Waals surface area contributed by atoms with E-state index in [1.54, 1.807) is 6.07 Å². The zero-order chi connectivity index (χ0) is 36.6. The number of anilines is 2. The van der Waals surface area contributed by atoms with Crippen molar-refractivity contribution < 1.29 is 29.5 Å². The number of likely N-dealkylation sites (tertiary alicyclic amines) is 1. The maximum absolute atomic E-state index is 17.0. The molecule has 4 atom stereocenters.